The van der Waals surface area contributed by atoms with Crippen LogP contribution in [0.15, 0.2) is 35.9 Å². The Kier molecular flexibility index (Phi) is 2.66. The van der Waals surface area contributed by atoms with E-state index < -0.39 is 0 Å². The van der Waals surface area contributed by atoms with Crippen LogP contribution in [0.3, 0.4) is 0 Å². The number of rotatable bonds is 1. The molecule has 0 aliphatic heterocycles. The monoisotopic (exact) mass is 157 g/mol. The van der Waals surface area contributed by atoms with Crippen molar-refractivity contribution in [2.24, 2.45) is 0 Å². The third kappa shape index (κ3) is 1.73. The Morgan fingerprint density at radius 1 is 1.17 bits per heavy atom. The molecular formula is C11H11N. The maximum absolute atomic E-state index is 8.66. The van der Waals surface area contributed by atoms with Crippen molar-refractivity contribution in [1.29, 1.82) is 5.26 Å². The fourth-order valence-electron chi connectivity index (χ4n) is 0.989. The Morgan fingerprint density at radius 3 is 2.25 bits per heavy atom. The predicted octanol–water partition coefficient (Wildman–Crippen LogP) is 3.00. The number of hydrogen-bond donors (Lipinski definition) is 0. The number of hydrogen-bond acceptors (Lipinski definition) is 1. The van der Waals surface area contributed by atoms with E-state index in [1.807, 2.05) is 44.2 Å². The summed E-state index contributed by atoms with van der Waals surface area (Å²) in [7, 11) is 0. The Morgan fingerprint density at radius 2 is 1.75 bits per heavy atom. The topological polar surface area (TPSA) is 23.8 Å². The summed E-state index contributed by atoms with van der Waals surface area (Å²) in [5, 5.41) is 8.66. The van der Waals surface area contributed by atoms with E-state index in [4.69, 9.17) is 5.26 Å². The lowest BCUT2D eigenvalue weighted by atomic mass is 10.0. The van der Waals surface area contributed by atoms with Crippen molar-refractivity contribution in [2.75, 3.05) is 0 Å². The average Bonchev–Trinajstić information content (AvgIpc) is 2.17. The van der Waals surface area contributed by atoms with Crippen molar-refractivity contribution < 1.29 is 0 Å². The summed E-state index contributed by atoms with van der Waals surface area (Å²) in [6.45, 7) is 3.80. The number of nitriles is 1. The van der Waals surface area contributed by atoms with Gasteiger partial charge in [-0.25, -0.2) is 0 Å². The predicted molar refractivity (Wildman–Crippen MR) is 50.3 cm³/mol. The molecule has 0 aliphatic carbocycles. The van der Waals surface area contributed by atoms with Gasteiger partial charge in [0.15, 0.2) is 0 Å². The Labute approximate surface area is 73.0 Å². The van der Waals surface area contributed by atoms with Gasteiger partial charge in [-0.05, 0) is 25.0 Å². The van der Waals surface area contributed by atoms with Crippen LogP contribution in [0.5, 0.6) is 0 Å². The second-order valence-electron chi connectivity index (χ2n) is 2.73. The van der Waals surface area contributed by atoms with Crippen molar-refractivity contribution in [3.63, 3.8) is 0 Å². The molecule has 0 unspecified atom stereocenters. The van der Waals surface area contributed by atoms with Crippen LogP contribution in [0.25, 0.3) is 5.57 Å². The molecule has 0 saturated heterocycles. The van der Waals surface area contributed by atoms with Crippen LogP contribution in [-0.4, -0.2) is 0 Å². The quantitative estimate of drug-likeness (QED) is 0.575. The first kappa shape index (κ1) is 8.55. The smallest absolute Gasteiger partial charge is 0.0947 e. The molecule has 0 fully saturated rings. The Hall–Kier alpha value is -1.55. The van der Waals surface area contributed by atoms with Crippen LogP contribution in [0, 0.1) is 11.3 Å². The molecule has 0 aromatic heterocycles. The molecule has 1 rings (SSSR count). The fourth-order valence-corrected chi connectivity index (χ4v) is 0.989. The highest BCUT2D eigenvalue weighted by atomic mass is 14.2. The zero-order valence-corrected chi connectivity index (χ0v) is 7.33. The molecular weight excluding hydrogens is 146 g/mol. The van der Waals surface area contributed by atoms with Crippen molar-refractivity contribution in [3.05, 3.63) is 41.5 Å². The normalized spacial score (nSPS) is 11.8. The first-order chi connectivity index (χ1) is 5.75. The number of nitrogens with zero attached hydrogens (tertiary/aromatic N) is 1. The second-order valence-corrected chi connectivity index (χ2v) is 2.73. The van der Waals surface area contributed by atoms with E-state index in [0.29, 0.717) is 0 Å². The highest BCUT2D eigenvalue weighted by Gasteiger charge is 1.97. The summed E-state index contributed by atoms with van der Waals surface area (Å²) >= 11 is 0. The highest BCUT2D eigenvalue weighted by Crippen LogP contribution is 2.16. The molecule has 0 aliphatic rings. The lowest BCUT2D eigenvalue weighted by molar-refractivity contribution is 1.42. The van der Waals surface area contributed by atoms with E-state index in [-0.39, 0.29) is 0 Å². The minimum atomic E-state index is 0.779. The van der Waals surface area contributed by atoms with E-state index in [9.17, 15) is 0 Å². The van der Waals surface area contributed by atoms with Crippen LogP contribution in [0.2, 0.25) is 0 Å². The van der Waals surface area contributed by atoms with E-state index in [2.05, 4.69) is 6.07 Å². The van der Waals surface area contributed by atoms with Gasteiger partial charge in [-0.2, -0.15) is 5.26 Å². The van der Waals surface area contributed by atoms with Crippen molar-refractivity contribution in [3.8, 4) is 6.07 Å². The van der Waals surface area contributed by atoms with Gasteiger partial charge in [0.2, 0.25) is 0 Å². The summed E-state index contributed by atoms with van der Waals surface area (Å²) in [5.41, 5.74) is 2.95. The van der Waals surface area contributed by atoms with Crippen LogP contribution < -0.4 is 0 Å². The summed E-state index contributed by atoms with van der Waals surface area (Å²) in [6, 6.07) is 12.1. The molecule has 1 aromatic rings. The first-order valence-corrected chi connectivity index (χ1v) is 3.88. The summed E-state index contributed by atoms with van der Waals surface area (Å²) in [4.78, 5) is 0. The molecule has 1 nitrogen and oxygen atoms in total. The van der Waals surface area contributed by atoms with Gasteiger partial charge in [-0.1, -0.05) is 30.3 Å². The van der Waals surface area contributed by atoms with Gasteiger partial charge in [0.05, 0.1) is 6.07 Å². The molecule has 1 heteroatoms. The molecule has 0 spiro atoms. The minimum absolute atomic E-state index is 0.779. The van der Waals surface area contributed by atoms with Crippen LogP contribution in [-0.2, 0) is 0 Å². The Balaban J connectivity index is 3.11. The minimum Gasteiger partial charge on any atom is -0.193 e. The summed E-state index contributed by atoms with van der Waals surface area (Å²) in [5.74, 6) is 0. The molecule has 0 heterocycles. The van der Waals surface area contributed by atoms with Crippen molar-refractivity contribution in [1.82, 2.24) is 0 Å². The van der Waals surface area contributed by atoms with E-state index in [1.165, 1.54) is 0 Å². The van der Waals surface area contributed by atoms with Gasteiger partial charge in [-0.15, -0.1) is 0 Å². The molecule has 12 heavy (non-hydrogen) atoms. The van der Waals surface area contributed by atoms with E-state index in [0.717, 1.165) is 16.7 Å². The van der Waals surface area contributed by atoms with Gasteiger partial charge in [0.25, 0.3) is 0 Å². The molecule has 0 atom stereocenters. The van der Waals surface area contributed by atoms with Crippen LogP contribution in [0.4, 0.5) is 0 Å². The van der Waals surface area contributed by atoms with Gasteiger partial charge in [0.1, 0.15) is 0 Å². The largest absolute Gasteiger partial charge is 0.193 e. The molecule has 0 bridgehead atoms. The van der Waals surface area contributed by atoms with Gasteiger partial charge < -0.3 is 0 Å². The van der Waals surface area contributed by atoms with Gasteiger partial charge in [0, 0.05) is 5.57 Å². The first-order valence-electron chi connectivity index (χ1n) is 3.88. The number of benzene rings is 1. The standard InChI is InChI=1S/C11H11N/c1-9(8-12)10(2)11-6-4-3-5-7-11/h3-7H,1-2H3/b10-9+. The van der Waals surface area contributed by atoms with E-state index in [1.54, 1.807) is 0 Å². The third-order valence-corrected chi connectivity index (χ3v) is 1.94. The maximum atomic E-state index is 8.66. The fraction of sp³-hybridized carbons (Fsp3) is 0.182. The third-order valence-electron chi connectivity index (χ3n) is 1.94. The summed E-state index contributed by atoms with van der Waals surface area (Å²) < 4.78 is 0. The molecule has 0 N–H and O–H groups in total. The number of allylic oxidation sites excluding steroid dienone is 2. The zero-order chi connectivity index (χ0) is 8.97. The molecule has 0 amide bonds. The highest BCUT2D eigenvalue weighted by molar-refractivity contribution is 5.69. The lowest BCUT2D eigenvalue weighted by Gasteiger charge is -2.00. The zero-order valence-electron chi connectivity index (χ0n) is 7.33. The molecule has 60 valence electrons. The van der Waals surface area contributed by atoms with Gasteiger partial charge >= 0.3 is 0 Å². The van der Waals surface area contributed by atoms with Gasteiger partial charge in [-0.3, -0.25) is 0 Å². The Bertz CT molecular complexity index is 328. The van der Waals surface area contributed by atoms with Crippen LogP contribution >= 0.6 is 0 Å². The molecule has 0 radical (unpaired) electrons. The molecule has 1 aromatic carbocycles. The lowest BCUT2D eigenvalue weighted by Crippen LogP contribution is -1.81. The van der Waals surface area contributed by atoms with E-state index >= 15 is 0 Å². The molecule has 0 saturated carbocycles. The average molecular weight is 157 g/mol. The van der Waals surface area contributed by atoms with Crippen molar-refractivity contribution in [2.45, 2.75) is 13.8 Å². The van der Waals surface area contributed by atoms with Crippen LogP contribution in [0.1, 0.15) is 19.4 Å². The summed E-state index contributed by atoms with van der Waals surface area (Å²) in [6.07, 6.45) is 0. The van der Waals surface area contributed by atoms with Crippen molar-refractivity contribution >= 4 is 5.57 Å². The second kappa shape index (κ2) is 3.73. The maximum Gasteiger partial charge on any atom is 0.0947 e. The SMILES string of the molecule is C/C(C#N)=C(/C)c1ccccc1.